The Bertz CT molecular complexity index is 1160. The van der Waals surface area contributed by atoms with Gasteiger partial charge in [0.1, 0.15) is 12.3 Å². The van der Waals surface area contributed by atoms with E-state index >= 15 is 0 Å². The van der Waals surface area contributed by atoms with Crippen LogP contribution in [0.2, 0.25) is 0 Å². The fourth-order valence-corrected chi connectivity index (χ4v) is 5.38. The van der Waals surface area contributed by atoms with Crippen LogP contribution in [-0.4, -0.2) is 66.5 Å². The lowest BCUT2D eigenvalue weighted by atomic mass is 10.2. The fourth-order valence-electron chi connectivity index (χ4n) is 4.46. The van der Waals surface area contributed by atoms with Crippen molar-refractivity contribution in [1.29, 1.82) is 0 Å². The number of thiophene rings is 1. The molecule has 4 rings (SSSR count). The van der Waals surface area contributed by atoms with Crippen LogP contribution in [0.25, 0.3) is 0 Å². The highest BCUT2D eigenvalue weighted by molar-refractivity contribution is 7.10. The lowest BCUT2D eigenvalue weighted by Gasteiger charge is -2.29. The summed E-state index contributed by atoms with van der Waals surface area (Å²) in [5, 5.41) is 5.02. The molecule has 37 heavy (non-hydrogen) atoms. The number of rotatable bonds is 11. The van der Waals surface area contributed by atoms with Crippen LogP contribution in [0.5, 0.6) is 5.75 Å². The Morgan fingerprint density at radius 2 is 1.78 bits per heavy atom. The van der Waals surface area contributed by atoms with Crippen molar-refractivity contribution in [2.24, 2.45) is 0 Å². The SMILES string of the molecule is COc1cccc(NC(=O)N(CCN2CCCC2)CC(=O)N(Cc2ccccc2)Cc2sccc2C)c1. The second-order valence-corrected chi connectivity index (χ2v) is 10.4. The summed E-state index contributed by atoms with van der Waals surface area (Å²) in [4.78, 5) is 34.1. The van der Waals surface area contributed by atoms with E-state index in [4.69, 9.17) is 4.74 Å². The molecule has 1 aliphatic rings. The van der Waals surface area contributed by atoms with Crippen molar-refractivity contribution < 1.29 is 14.3 Å². The van der Waals surface area contributed by atoms with Crippen molar-refractivity contribution in [2.75, 3.05) is 45.2 Å². The van der Waals surface area contributed by atoms with Crippen LogP contribution in [0.1, 0.15) is 28.8 Å². The first-order valence-corrected chi connectivity index (χ1v) is 13.7. The topological polar surface area (TPSA) is 65.1 Å². The van der Waals surface area contributed by atoms with Crippen LogP contribution in [0.4, 0.5) is 10.5 Å². The Labute approximate surface area is 223 Å². The number of urea groups is 1. The highest BCUT2D eigenvalue weighted by atomic mass is 32.1. The van der Waals surface area contributed by atoms with Crippen molar-refractivity contribution in [3.8, 4) is 5.75 Å². The van der Waals surface area contributed by atoms with Gasteiger partial charge in [0.25, 0.3) is 0 Å². The van der Waals surface area contributed by atoms with E-state index in [1.54, 1.807) is 29.4 Å². The van der Waals surface area contributed by atoms with Crippen LogP contribution in [0, 0.1) is 6.92 Å². The maximum atomic E-state index is 13.7. The molecule has 1 fully saturated rings. The van der Waals surface area contributed by atoms with Gasteiger partial charge in [0.15, 0.2) is 0 Å². The predicted octanol–water partition coefficient (Wildman–Crippen LogP) is 5.22. The first kappa shape index (κ1) is 26.7. The highest BCUT2D eigenvalue weighted by Crippen LogP contribution is 2.21. The predicted molar refractivity (Wildman–Crippen MR) is 149 cm³/mol. The van der Waals surface area contributed by atoms with Gasteiger partial charge >= 0.3 is 6.03 Å². The number of hydrogen-bond acceptors (Lipinski definition) is 5. The zero-order valence-electron chi connectivity index (χ0n) is 21.7. The molecule has 1 aliphatic heterocycles. The zero-order chi connectivity index (χ0) is 26.0. The third-order valence-corrected chi connectivity index (χ3v) is 7.70. The molecule has 0 radical (unpaired) electrons. The molecule has 0 unspecified atom stereocenters. The van der Waals surface area contributed by atoms with E-state index in [0.717, 1.165) is 30.1 Å². The Balaban J connectivity index is 1.50. The van der Waals surface area contributed by atoms with Crippen LogP contribution in [0.3, 0.4) is 0 Å². The molecule has 1 N–H and O–H groups in total. The molecule has 0 atom stereocenters. The van der Waals surface area contributed by atoms with Crippen molar-refractivity contribution >= 4 is 29.0 Å². The normalized spacial score (nSPS) is 13.4. The number of amides is 3. The summed E-state index contributed by atoms with van der Waals surface area (Å²) in [5.41, 5.74) is 2.88. The van der Waals surface area contributed by atoms with Crippen molar-refractivity contribution in [2.45, 2.75) is 32.9 Å². The number of carbonyl (C=O) groups is 2. The second-order valence-electron chi connectivity index (χ2n) is 9.39. The fraction of sp³-hybridized carbons (Fsp3) is 0.379. The van der Waals surface area contributed by atoms with E-state index in [9.17, 15) is 9.59 Å². The van der Waals surface area contributed by atoms with Gasteiger partial charge in [-0.25, -0.2) is 4.79 Å². The Morgan fingerprint density at radius 3 is 2.49 bits per heavy atom. The van der Waals surface area contributed by atoms with Gasteiger partial charge in [0, 0.05) is 36.3 Å². The average molecular weight is 521 g/mol. The lowest BCUT2D eigenvalue weighted by Crippen LogP contribution is -2.46. The molecule has 1 aromatic heterocycles. The summed E-state index contributed by atoms with van der Waals surface area (Å²) < 4.78 is 5.29. The van der Waals surface area contributed by atoms with E-state index in [0.29, 0.717) is 31.1 Å². The third-order valence-electron chi connectivity index (χ3n) is 6.69. The number of likely N-dealkylation sites (tertiary alicyclic amines) is 1. The first-order chi connectivity index (χ1) is 18.0. The van der Waals surface area contributed by atoms with Crippen LogP contribution in [-0.2, 0) is 17.9 Å². The zero-order valence-corrected chi connectivity index (χ0v) is 22.5. The van der Waals surface area contributed by atoms with Gasteiger partial charge in [0.05, 0.1) is 13.7 Å². The molecule has 7 nitrogen and oxygen atoms in total. The second kappa shape index (κ2) is 13.3. The molecule has 1 saturated heterocycles. The minimum absolute atomic E-state index is 0.0148. The number of ether oxygens (including phenoxy) is 1. The van der Waals surface area contributed by atoms with Gasteiger partial charge in [-0.3, -0.25) is 4.79 Å². The lowest BCUT2D eigenvalue weighted by molar-refractivity contribution is -0.133. The minimum atomic E-state index is -0.284. The van der Waals surface area contributed by atoms with Crippen molar-refractivity contribution in [1.82, 2.24) is 14.7 Å². The van der Waals surface area contributed by atoms with E-state index in [-0.39, 0.29) is 18.5 Å². The van der Waals surface area contributed by atoms with Crippen LogP contribution in [0.15, 0.2) is 66.0 Å². The summed E-state index contributed by atoms with van der Waals surface area (Å²) in [6.07, 6.45) is 2.36. The number of benzene rings is 2. The molecule has 0 spiro atoms. The van der Waals surface area contributed by atoms with Crippen molar-refractivity contribution in [3.05, 3.63) is 82.0 Å². The molecular formula is C29H36N4O3S. The minimum Gasteiger partial charge on any atom is -0.497 e. The third kappa shape index (κ3) is 7.81. The quantitative estimate of drug-likeness (QED) is 0.376. The monoisotopic (exact) mass is 520 g/mol. The standard InChI is InChI=1S/C29H36N4O3S/c1-23-13-18-37-27(23)21-33(20-24-9-4-3-5-10-24)28(34)22-32(17-16-31-14-6-7-15-31)29(35)30-25-11-8-12-26(19-25)36-2/h3-5,8-13,18-19H,6-7,14-17,20-22H2,1-2H3,(H,30,35). The number of methoxy groups -OCH3 is 1. The number of aryl methyl sites for hydroxylation is 1. The number of hydrogen-bond donors (Lipinski definition) is 1. The summed E-state index contributed by atoms with van der Waals surface area (Å²) in [7, 11) is 1.60. The first-order valence-electron chi connectivity index (χ1n) is 12.8. The molecule has 3 amide bonds. The number of nitrogens with one attached hydrogen (secondary N) is 1. The molecular weight excluding hydrogens is 484 g/mol. The maximum absolute atomic E-state index is 13.7. The molecule has 196 valence electrons. The average Bonchev–Trinajstić information content (AvgIpc) is 3.58. The summed E-state index contributed by atoms with van der Waals surface area (Å²) in [6, 6.07) is 19.1. The molecule has 0 aliphatic carbocycles. The molecule has 0 bridgehead atoms. The Hall–Kier alpha value is -3.36. The van der Waals surface area contributed by atoms with Gasteiger partial charge in [-0.1, -0.05) is 36.4 Å². The summed E-state index contributed by atoms with van der Waals surface area (Å²) in [5.74, 6) is 0.594. The molecule has 2 aromatic carbocycles. The smallest absolute Gasteiger partial charge is 0.322 e. The van der Waals surface area contributed by atoms with Gasteiger partial charge in [-0.15, -0.1) is 11.3 Å². The highest BCUT2D eigenvalue weighted by Gasteiger charge is 2.24. The molecule has 2 heterocycles. The molecule has 0 saturated carbocycles. The largest absolute Gasteiger partial charge is 0.497 e. The van der Waals surface area contributed by atoms with Gasteiger partial charge in [-0.2, -0.15) is 0 Å². The number of anilines is 1. The van der Waals surface area contributed by atoms with Gasteiger partial charge in [0.2, 0.25) is 5.91 Å². The van der Waals surface area contributed by atoms with Gasteiger partial charge in [-0.05, 0) is 67.6 Å². The summed E-state index contributed by atoms with van der Waals surface area (Å²) >= 11 is 1.66. The van der Waals surface area contributed by atoms with E-state index in [2.05, 4.69) is 28.6 Å². The van der Waals surface area contributed by atoms with E-state index in [1.165, 1.54) is 18.4 Å². The summed E-state index contributed by atoms with van der Waals surface area (Å²) in [6.45, 7) is 6.42. The van der Waals surface area contributed by atoms with Gasteiger partial charge < -0.3 is 24.8 Å². The maximum Gasteiger partial charge on any atom is 0.322 e. The van der Waals surface area contributed by atoms with Crippen LogP contribution >= 0.6 is 11.3 Å². The molecule has 8 heteroatoms. The number of carbonyl (C=O) groups excluding carboxylic acids is 2. The number of nitrogens with zero attached hydrogens (tertiary/aromatic N) is 3. The van der Waals surface area contributed by atoms with Crippen LogP contribution < -0.4 is 10.1 Å². The van der Waals surface area contributed by atoms with E-state index in [1.807, 2.05) is 53.4 Å². The Kier molecular flexibility index (Phi) is 9.57. The molecule has 3 aromatic rings. The Morgan fingerprint density at radius 1 is 1.00 bits per heavy atom. The van der Waals surface area contributed by atoms with E-state index < -0.39 is 0 Å². The van der Waals surface area contributed by atoms with Crippen molar-refractivity contribution in [3.63, 3.8) is 0 Å².